The summed E-state index contributed by atoms with van der Waals surface area (Å²) in [6.45, 7) is -0.621. The lowest BCUT2D eigenvalue weighted by atomic mass is 9.66. The van der Waals surface area contributed by atoms with E-state index in [2.05, 4.69) is 0 Å². The fourth-order valence-electron chi connectivity index (χ4n) is 2.92. The first-order chi connectivity index (χ1) is 9.63. The molecule has 1 heterocycles. The molecular weight excluding hydrogens is 252 g/mol. The van der Waals surface area contributed by atoms with E-state index >= 15 is 4.32 Å². The summed E-state index contributed by atoms with van der Waals surface area (Å²) in [5.41, 5.74) is 1.62. The molecule has 1 unspecified atom stereocenters. The Morgan fingerprint density at radius 3 is 2.15 bits per heavy atom. The predicted octanol–water partition coefficient (Wildman–Crippen LogP) is 2.89. The molecule has 0 spiro atoms. The van der Waals surface area contributed by atoms with Crippen LogP contribution in [0.1, 0.15) is 18.6 Å². The molecule has 1 fully saturated rings. The van der Waals surface area contributed by atoms with E-state index in [4.69, 9.17) is 4.65 Å². The third-order valence-corrected chi connectivity index (χ3v) is 4.27. The number of likely N-dealkylation sites (N-methyl/N-ethyl adjacent to an activating group) is 1. The van der Waals surface area contributed by atoms with Crippen LogP contribution in [-0.2, 0) is 4.65 Å². The number of benzene rings is 2. The molecule has 104 valence electrons. The zero-order valence-electron chi connectivity index (χ0n) is 11.7. The van der Waals surface area contributed by atoms with Gasteiger partial charge in [-0.1, -0.05) is 60.7 Å². The molecule has 4 heteroatoms. The first kappa shape index (κ1) is 13.3. The highest BCUT2D eigenvalue weighted by atomic mass is 19.1. The molecule has 1 aliphatic rings. The quantitative estimate of drug-likeness (QED) is 0.778. The van der Waals surface area contributed by atoms with Crippen molar-refractivity contribution in [1.29, 1.82) is 0 Å². The average molecular weight is 270 g/mol. The van der Waals surface area contributed by atoms with Crippen LogP contribution in [0, 0.1) is 0 Å². The largest absolute Gasteiger partial charge is 0.541 e. The van der Waals surface area contributed by atoms with Crippen LogP contribution in [0.3, 0.4) is 0 Å². The molecule has 3 rings (SSSR count). The molecule has 0 N–H and O–H groups in total. The number of rotatable bonds is 2. The molecule has 0 radical (unpaired) electrons. The van der Waals surface area contributed by atoms with Gasteiger partial charge < -0.3 is 13.8 Å². The smallest absolute Gasteiger partial charge is 0.380 e. The summed E-state index contributed by atoms with van der Waals surface area (Å²) < 4.78 is 21.3. The second-order valence-electron chi connectivity index (χ2n) is 5.43. The lowest BCUT2D eigenvalue weighted by Crippen LogP contribution is -2.56. The van der Waals surface area contributed by atoms with E-state index in [-0.39, 0.29) is 12.1 Å². The molecule has 3 atom stereocenters. The fraction of sp³-hybridized carbons (Fsp3) is 0.250. The van der Waals surface area contributed by atoms with Gasteiger partial charge in [-0.3, -0.25) is 0 Å². The molecule has 20 heavy (non-hydrogen) atoms. The van der Waals surface area contributed by atoms with Gasteiger partial charge in [-0.2, -0.15) is 0 Å². The second kappa shape index (κ2) is 5.04. The number of hydrogen-bond donors (Lipinski definition) is 0. The predicted molar refractivity (Wildman–Crippen MR) is 80.4 cm³/mol. The Balaban J connectivity index is 1.97. The monoisotopic (exact) mass is 270 g/mol. The lowest BCUT2D eigenvalue weighted by Gasteiger charge is -2.36. The molecule has 0 saturated carbocycles. The summed E-state index contributed by atoms with van der Waals surface area (Å²) in [7, 11) is 1.79. The zero-order valence-corrected chi connectivity index (χ0v) is 11.7. The van der Waals surface area contributed by atoms with Crippen molar-refractivity contribution in [3.8, 4) is 0 Å². The molecule has 2 nitrogen and oxygen atoms in total. The first-order valence-corrected chi connectivity index (χ1v) is 6.96. The Morgan fingerprint density at radius 2 is 1.55 bits per heavy atom. The Bertz CT molecular complexity index is 580. The third kappa shape index (κ3) is 2.05. The van der Waals surface area contributed by atoms with Crippen LogP contribution in [0.25, 0.3) is 0 Å². The first-order valence-electron chi connectivity index (χ1n) is 6.96. The molecule has 0 aromatic heterocycles. The summed E-state index contributed by atoms with van der Waals surface area (Å²) in [4.78, 5) is 1.72. The van der Waals surface area contributed by atoms with Crippen LogP contribution in [0.2, 0.25) is 0 Å². The summed E-state index contributed by atoms with van der Waals surface area (Å²) in [5.74, 6) is 0. The minimum Gasteiger partial charge on any atom is -0.541 e. The van der Waals surface area contributed by atoms with Gasteiger partial charge in [-0.15, -0.1) is 5.46 Å². The van der Waals surface area contributed by atoms with Crippen molar-refractivity contribution in [2.45, 2.75) is 19.1 Å². The zero-order chi connectivity index (χ0) is 14.2. The van der Waals surface area contributed by atoms with Gasteiger partial charge in [0.15, 0.2) is 0 Å². The molecular formula is C16H18BFNO-. The highest BCUT2D eigenvalue weighted by Gasteiger charge is 2.45. The minimum atomic E-state index is -2.62. The van der Waals surface area contributed by atoms with Crippen LogP contribution >= 0.6 is 0 Å². The highest BCUT2D eigenvalue weighted by Crippen LogP contribution is 2.37. The van der Waals surface area contributed by atoms with Gasteiger partial charge in [0.2, 0.25) is 0 Å². The van der Waals surface area contributed by atoms with E-state index in [1.807, 2.05) is 55.5 Å². The van der Waals surface area contributed by atoms with Gasteiger partial charge in [0, 0.05) is 6.04 Å². The summed E-state index contributed by atoms with van der Waals surface area (Å²) >= 11 is 0. The van der Waals surface area contributed by atoms with Crippen molar-refractivity contribution in [3.05, 3.63) is 66.2 Å². The second-order valence-corrected chi connectivity index (χ2v) is 5.43. The van der Waals surface area contributed by atoms with Crippen molar-refractivity contribution in [3.63, 3.8) is 0 Å². The van der Waals surface area contributed by atoms with Crippen molar-refractivity contribution >= 4 is 12.2 Å². The highest BCUT2D eigenvalue weighted by molar-refractivity contribution is 6.78. The Labute approximate surface area is 119 Å². The molecule has 0 bridgehead atoms. The number of hydrogen-bond acceptors (Lipinski definition) is 2. The van der Waals surface area contributed by atoms with Crippen LogP contribution in [-0.4, -0.2) is 24.7 Å². The molecule has 1 saturated heterocycles. The van der Waals surface area contributed by atoms with Crippen LogP contribution in [0.15, 0.2) is 60.7 Å². The van der Waals surface area contributed by atoms with Gasteiger partial charge >= 0.3 is 6.76 Å². The Morgan fingerprint density at radius 1 is 1.00 bits per heavy atom. The average Bonchev–Trinajstić information content (AvgIpc) is 2.75. The molecule has 0 amide bonds. The van der Waals surface area contributed by atoms with Gasteiger partial charge in [0.1, 0.15) is 0 Å². The maximum Gasteiger partial charge on any atom is 0.380 e. The number of halogens is 1. The Kier molecular flexibility index (Phi) is 3.36. The normalized spacial score (nSPS) is 30.6. The molecule has 2 aromatic carbocycles. The van der Waals surface area contributed by atoms with Crippen molar-refractivity contribution in [1.82, 2.24) is 4.81 Å². The van der Waals surface area contributed by atoms with Crippen molar-refractivity contribution in [2.75, 3.05) is 7.05 Å². The van der Waals surface area contributed by atoms with Gasteiger partial charge in [-0.05, 0) is 19.5 Å². The summed E-state index contributed by atoms with van der Waals surface area (Å²) in [6, 6.07) is 19.0. The van der Waals surface area contributed by atoms with Crippen molar-refractivity contribution in [2.24, 2.45) is 0 Å². The topological polar surface area (TPSA) is 12.5 Å². The summed E-state index contributed by atoms with van der Waals surface area (Å²) in [5, 5.41) is 0. The van der Waals surface area contributed by atoms with Gasteiger partial charge in [0.25, 0.3) is 0 Å². The Hall–Kier alpha value is -1.65. The standard InChI is InChI=1S/C16H18BFNO/c1-13-16(14-9-5-3-6-10-14)20-17(18,19(13)2)15-11-7-4-8-12-15/h3-13,16H,1-2H3/q-1/t13-,16+,17?/m1/s1. The van der Waals surface area contributed by atoms with E-state index in [1.54, 1.807) is 24.0 Å². The van der Waals surface area contributed by atoms with Crippen LogP contribution < -0.4 is 5.46 Å². The lowest BCUT2D eigenvalue weighted by molar-refractivity contribution is 0.195. The molecule has 1 aliphatic heterocycles. The molecule has 2 aromatic rings. The van der Waals surface area contributed by atoms with Crippen molar-refractivity contribution < 1.29 is 8.97 Å². The SMILES string of the molecule is C[C@@H]1[C@@H](c2ccccc2)O[B-](F)(c2ccccc2)N1C. The van der Waals surface area contributed by atoms with Gasteiger partial charge in [-0.25, -0.2) is 0 Å². The van der Waals surface area contributed by atoms with Crippen LogP contribution in [0.4, 0.5) is 4.32 Å². The minimum absolute atomic E-state index is 0.0115. The van der Waals surface area contributed by atoms with E-state index in [1.165, 1.54) is 0 Å². The van der Waals surface area contributed by atoms with Gasteiger partial charge in [0.05, 0.1) is 6.10 Å². The number of nitrogens with zero attached hydrogens (tertiary/aromatic N) is 1. The maximum atomic E-state index is 15.4. The van der Waals surface area contributed by atoms with E-state index in [0.29, 0.717) is 5.46 Å². The van der Waals surface area contributed by atoms with E-state index in [9.17, 15) is 0 Å². The fourth-order valence-corrected chi connectivity index (χ4v) is 2.92. The summed E-state index contributed by atoms with van der Waals surface area (Å²) in [6.07, 6.45) is -0.244. The van der Waals surface area contributed by atoms with Crippen LogP contribution in [0.5, 0.6) is 0 Å². The molecule has 0 aliphatic carbocycles. The third-order valence-electron chi connectivity index (χ3n) is 4.27. The maximum absolute atomic E-state index is 15.4. The van der Waals surface area contributed by atoms with E-state index in [0.717, 1.165) is 5.56 Å². The van der Waals surface area contributed by atoms with E-state index < -0.39 is 6.76 Å².